The van der Waals surface area contributed by atoms with Gasteiger partial charge in [-0.15, -0.1) is 0 Å². The molecule has 0 saturated carbocycles. The largest absolute Gasteiger partial charge is 0.456 e. The lowest BCUT2D eigenvalue weighted by molar-refractivity contribution is 0.0632. The molecule has 4 rings (SSSR count). The Balaban J connectivity index is 1.11. The summed E-state index contributed by atoms with van der Waals surface area (Å²) in [5, 5.41) is 3.04. The lowest BCUT2D eigenvalue weighted by Crippen LogP contribution is -2.54. The first kappa shape index (κ1) is 22.4. The smallest absolute Gasteiger partial charge is 0.317 e. The number of rotatable bonds is 6. The van der Waals surface area contributed by atoms with Crippen molar-refractivity contribution < 1.29 is 14.0 Å². The molecule has 2 aromatic rings. The molecule has 3 amide bonds. The van der Waals surface area contributed by atoms with Gasteiger partial charge in [-0.3, -0.25) is 14.6 Å². The van der Waals surface area contributed by atoms with Crippen LogP contribution in [0.2, 0.25) is 0 Å². The Morgan fingerprint density at radius 2 is 1.50 bits per heavy atom. The fourth-order valence-corrected chi connectivity index (χ4v) is 4.26. The molecule has 1 aromatic carbocycles. The number of piperazine rings is 2. The van der Waals surface area contributed by atoms with Gasteiger partial charge in [0.1, 0.15) is 5.76 Å². The van der Waals surface area contributed by atoms with Gasteiger partial charge in [0.05, 0.1) is 0 Å². The molecule has 32 heavy (non-hydrogen) atoms. The number of urea groups is 1. The van der Waals surface area contributed by atoms with Crippen molar-refractivity contribution in [1.29, 1.82) is 0 Å². The van der Waals surface area contributed by atoms with Crippen LogP contribution in [0.5, 0.6) is 0 Å². The van der Waals surface area contributed by atoms with Gasteiger partial charge in [0.25, 0.3) is 5.91 Å². The van der Waals surface area contributed by atoms with E-state index in [1.54, 1.807) is 21.9 Å². The van der Waals surface area contributed by atoms with Gasteiger partial charge in [0.15, 0.2) is 5.76 Å². The molecule has 172 valence electrons. The fraction of sp³-hybridized carbons (Fsp3) is 0.500. The van der Waals surface area contributed by atoms with E-state index < -0.39 is 0 Å². The van der Waals surface area contributed by atoms with E-state index in [0.29, 0.717) is 38.5 Å². The van der Waals surface area contributed by atoms with E-state index in [-0.39, 0.29) is 11.9 Å². The highest BCUT2D eigenvalue weighted by Crippen LogP contribution is 2.12. The number of hydrogen-bond acceptors (Lipinski definition) is 5. The summed E-state index contributed by atoms with van der Waals surface area (Å²) < 4.78 is 5.43. The van der Waals surface area contributed by atoms with Crippen molar-refractivity contribution >= 4 is 11.9 Å². The van der Waals surface area contributed by atoms with E-state index in [9.17, 15) is 9.59 Å². The van der Waals surface area contributed by atoms with E-state index in [2.05, 4.69) is 45.4 Å². The lowest BCUT2D eigenvalue weighted by Gasteiger charge is -2.36. The van der Waals surface area contributed by atoms with E-state index in [1.807, 2.05) is 6.92 Å². The monoisotopic (exact) mass is 439 g/mol. The Kier molecular flexibility index (Phi) is 7.44. The van der Waals surface area contributed by atoms with Gasteiger partial charge < -0.3 is 19.5 Å². The molecule has 0 atom stereocenters. The Bertz CT molecular complexity index is 884. The molecule has 0 unspecified atom stereocenters. The topological polar surface area (TPSA) is 72.3 Å². The minimum absolute atomic E-state index is 0.0475. The third-order valence-electron chi connectivity index (χ3n) is 6.22. The van der Waals surface area contributed by atoms with Gasteiger partial charge in [-0.2, -0.15) is 0 Å². The standard InChI is InChI=1S/C24H33N5O3/c1-20-7-8-22(32-20)23(30)28-15-17-29(18-16-28)24(31)25-9-10-26-11-13-27(14-12-26)19-21-5-3-2-4-6-21/h2-8H,9-19H2,1H3,(H,25,31). The number of amides is 3. The summed E-state index contributed by atoms with van der Waals surface area (Å²) in [5.41, 5.74) is 1.36. The predicted molar refractivity (Wildman–Crippen MR) is 122 cm³/mol. The summed E-state index contributed by atoms with van der Waals surface area (Å²) in [5.74, 6) is 0.984. The average molecular weight is 440 g/mol. The third kappa shape index (κ3) is 5.89. The van der Waals surface area contributed by atoms with Crippen molar-refractivity contribution in [2.45, 2.75) is 13.5 Å². The number of carbonyl (C=O) groups is 2. The van der Waals surface area contributed by atoms with Crippen LogP contribution in [0.1, 0.15) is 21.9 Å². The maximum absolute atomic E-state index is 12.5. The SMILES string of the molecule is Cc1ccc(C(=O)N2CCN(C(=O)NCCN3CCN(Cc4ccccc4)CC3)CC2)o1. The molecule has 2 aliphatic heterocycles. The lowest BCUT2D eigenvalue weighted by atomic mass is 10.2. The van der Waals surface area contributed by atoms with E-state index in [0.717, 1.165) is 45.0 Å². The molecule has 8 heteroatoms. The first-order valence-electron chi connectivity index (χ1n) is 11.5. The van der Waals surface area contributed by atoms with E-state index in [1.165, 1.54) is 5.56 Å². The molecular formula is C24H33N5O3. The number of carbonyl (C=O) groups excluding carboxylic acids is 2. The quantitative estimate of drug-likeness (QED) is 0.744. The summed E-state index contributed by atoms with van der Waals surface area (Å²) in [7, 11) is 0. The van der Waals surface area contributed by atoms with Crippen molar-refractivity contribution in [2.24, 2.45) is 0 Å². The van der Waals surface area contributed by atoms with Crippen LogP contribution in [0, 0.1) is 6.92 Å². The molecule has 0 aliphatic carbocycles. The van der Waals surface area contributed by atoms with E-state index in [4.69, 9.17) is 4.42 Å². The Hall–Kier alpha value is -2.84. The van der Waals surface area contributed by atoms with Crippen LogP contribution in [0.25, 0.3) is 0 Å². The number of nitrogens with one attached hydrogen (secondary N) is 1. The zero-order valence-electron chi connectivity index (χ0n) is 18.8. The molecule has 1 aromatic heterocycles. The number of furan rings is 1. The number of benzene rings is 1. The average Bonchev–Trinajstić information content (AvgIpc) is 3.27. The predicted octanol–water partition coefficient (Wildman–Crippen LogP) is 1.87. The van der Waals surface area contributed by atoms with Gasteiger partial charge in [0, 0.05) is 72.0 Å². The molecule has 0 radical (unpaired) electrons. The second-order valence-corrected chi connectivity index (χ2v) is 8.52. The molecule has 2 fully saturated rings. The summed E-state index contributed by atoms with van der Waals surface area (Å²) in [6.07, 6.45) is 0. The Labute approximate surface area is 189 Å². The molecule has 0 spiro atoms. The van der Waals surface area contributed by atoms with Crippen LogP contribution in [0.3, 0.4) is 0 Å². The van der Waals surface area contributed by atoms with Crippen LogP contribution in [0.15, 0.2) is 46.9 Å². The van der Waals surface area contributed by atoms with Crippen molar-refractivity contribution in [1.82, 2.24) is 24.9 Å². The van der Waals surface area contributed by atoms with Crippen LogP contribution in [-0.2, 0) is 6.54 Å². The Morgan fingerprint density at radius 3 is 2.16 bits per heavy atom. The highest BCUT2D eigenvalue weighted by atomic mass is 16.3. The van der Waals surface area contributed by atoms with Crippen molar-refractivity contribution in [3.8, 4) is 0 Å². The normalized spacial score (nSPS) is 18.0. The minimum atomic E-state index is -0.107. The zero-order valence-corrected chi connectivity index (χ0v) is 18.8. The number of nitrogens with zero attached hydrogens (tertiary/aromatic N) is 4. The minimum Gasteiger partial charge on any atom is -0.456 e. The van der Waals surface area contributed by atoms with Crippen LogP contribution >= 0.6 is 0 Å². The molecule has 1 N–H and O–H groups in total. The second kappa shape index (κ2) is 10.7. The summed E-state index contributed by atoms with van der Waals surface area (Å²) >= 11 is 0. The van der Waals surface area contributed by atoms with Crippen molar-refractivity contribution in [3.63, 3.8) is 0 Å². The second-order valence-electron chi connectivity index (χ2n) is 8.52. The maximum atomic E-state index is 12.5. The first-order chi connectivity index (χ1) is 15.6. The molecular weight excluding hydrogens is 406 g/mol. The van der Waals surface area contributed by atoms with Gasteiger partial charge in [0.2, 0.25) is 0 Å². The van der Waals surface area contributed by atoms with Gasteiger partial charge in [-0.25, -0.2) is 4.79 Å². The fourth-order valence-electron chi connectivity index (χ4n) is 4.26. The van der Waals surface area contributed by atoms with E-state index >= 15 is 0 Å². The zero-order chi connectivity index (χ0) is 22.3. The summed E-state index contributed by atoms with van der Waals surface area (Å²) in [6, 6.07) is 14.0. The third-order valence-corrected chi connectivity index (χ3v) is 6.22. The van der Waals surface area contributed by atoms with Gasteiger partial charge in [-0.05, 0) is 24.6 Å². The Morgan fingerprint density at radius 1 is 0.844 bits per heavy atom. The number of hydrogen-bond donors (Lipinski definition) is 1. The van der Waals surface area contributed by atoms with Crippen LogP contribution < -0.4 is 5.32 Å². The van der Waals surface area contributed by atoms with Gasteiger partial charge >= 0.3 is 6.03 Å². The maximum Gasteiger partial charge on any atom is 0.317 e. The molecule has 2 saturated heterocycles. The highest BCUT2D eigenvalue weighted by Gasteiger charge is 2.26. The highest BCUT2D eigenvalue weighted by molar-refractivity contribution is 5.91. The van der Waals surface area contributed by atoms with Crippen molar-refractivity contribution in [2.75, 3.05) is 65.4 Å². The summed E-state index contributed by atoms with van der Waals surface area (Å²) in [6.45, 7) is 10.6. The number of aryl methyl sites for hydroxylation is 1. The van der Waals surface area contributed by atoms with Crippen molar-refractivity contribution in [3.05, 3.63) is 59.5 Å². The van der Waals surface area contributed by atoms with Crippen LogP contribution in [0.4, 0.5) is 4.79 Å². The summed E-state index contributed by atoms with van der Waals surface area (Å²) in [4.78, 5) is 33.4. The van der Waals surface area contributed by atoms with Crippen LogP contribution in [-0.4, -0.2) is 97.0 Å². The molecule has 2 aliphatic rings. The molecule has 3 heterocycles. The van der Waals surface area contributed by atoms with Gasteiger partial charge in [-0.1, -0.05) is 30.3 Å². The molecule has 8 nitrogen and oxygen atoms in total. The first-order valence-corrected chi connectivity index (χ1v) is 11.5. The molecule has 0 bridgehead atoms.